The number of fused-ring (bicyclic) bond motifs is 1. The van der Waals surface area contributed by atoms with E-state index in [0.29, 0.717) is 5.92 Å². The Morgan fingerprint density at radius 1 is 1.12 bits per heavy atom. The molecule has 1 N–H and O–H groups in total. The second kappa shape index (κ2) is 5.68. The summed E-state index contributed by atoms with van der Waals surface area (Å²) in [7, 11) is 0. The van der Waals surface area contributed by atoms with Gasteiger partial charge in [-0.3, -0.25) is 4.79 Å². The lowest BCUT2D eigenvalue weighted by molar-refractivity contribution is 0.0173. The Hall–Kier alpha value is -2.18. The van der Waals surface area contributed by atoms with Gasteiger partial charge in [0.2, 0.25) is 5.76 Å². The summed E-state index contributed by atoms with van der Waals surface area (Å²) >= 11 is 0. The Morgan fingerprint density at radius 2 is 1.84 bits per heavy atom. The quantitative estimate of drug-likeness (QED) is 0.904. The molecular weight excluding hydrogens is 316 g/mol. The van der Waals surface area contributed by atoms with Gasteiger partial charge < -0.3 is 19.6 Å². The van der Waals surface area contributed by atoms with Crippen LogP contribution in [0.15, 0.2) is 47.1 Å². The number of aromatic nitrogens is 1. The summed E-state index contributed by atoms with van der Waals surface area (Å²) in [5.41, 5.74) is 1.24. The molecule has 6 rings (SSSR count). The van der Waals surface area contributed by atoms with Crippen LogP contribution in [0.5, 0.6) is 0 Å². The van der Waals surface area contributed by atoms with Gasteiger partial charge in [-0.15, -0.1) is 0 Å². The van der Waals surface area contributed by atoms with Gasteiger partial charge >= 0.3 is 0 Å². The van der Waals surface area contributed by atoms with E-state index in [1.807, 2.05) is 0 Å². The molecule has 3 unspecified atom stereocenters. The fourth-order valence-corrected chi connectivity index (χ4v) is 5.11. The van der Waals surface area contributed by atoms with Crippen molar-refractivity contribution >= 4 is 5.91 Å². The van der Waals surface area contributed by atoms with E-state index >= 15 is 0 Å². The van der Waals surface area contributed by atoms with Crippen molar-refractivity contribution in [1.29, 1.82) is 0 Å². The van der Waals surface area contributed by atoms with E-state index in [1.165, 1.54) is 11.8 Å². The first-order valence-corrected chi connectivity index (χ1v) is 8.96. The van der Waals surface area contributed by atoms with Crippen molar-refractivity contribution in [3.8, 4) is 0 Å². The van der Waals surface area contributed by atoms with Crippen LogP contribution in [-0.4, -0.2) is 66.2 Å². The number of benzene rings is 1. The van der Waals surface area contributed by atoms with Gasteiger partial charge in [-0.25, -0.2) is 0 Å². The molecule has 6 nitrogen and oxygen atoms in total. The fourth-order valence-electron chi connectivity index (χ4n) is 5.11. The second-order valence-corrected chi connectivity index (χ2v) is 7.58. The molecule has 0 aliphatic carbocycles. The third kappa shape index (κ3) is 2.40. The minimum Gasteiger partial charge on any atom is -0.351 e. The predicted octanol–water partition coefficient (Wildman–Crippen LogP) is 0.972. The molecule has 4 fully saturated rings. The predicted molar refractivity (Wildman–Crippen MR) is 92.2 cm³/mol. The molecule has 5 heterocycles. The second-order valence-electron chi connectivity index (χ2n) is 7.58. The van der Waals surface area contributed by atoms with Crippen molar-refractivity contribution in [3.63, 3.8) is 0 Å². The highest BCUT2D eigenvalue weighted by molar-refractivity contribution is 5.91. The van der Waals surface area contributed by atoms with Crippen molar-refractivity contribution in [2.75, 3.05) is 39.3 Å². The van der Waals surface area contributed by atoms with Crippen molar-refractivity contribution in [2.45, 2.75) is 11.5 Å². The minimum atomic E-state index is -0.158. The number of hydrogen-bond acceptors (Lipinski definition) is 5. The molecule has 1 amide bonds. The Balaban J connectivity index is 1.55. The number of nitrogens with one attached hydrogen (secondary N) is 1. The number of carbonyl (C=O) groups is 1. The number of piperidine rings is 2. The number of rotatable bonds is 3. The lowest BCUT2D eigenvalue weighted by Crippen LogP contribution is -2.70. The number of amides is 1. The van der Waals surface area contributed by atoms with Crippen LogP contribution in [0, 0.1) is 5.92 Å². The third-order valence-corrected chi connectivity index (χ3v) is 6.09. The molecule has 0 saturated carbocycles. The lowest BCUT2D eigenvalue weighted by atomic mass is 9.64. The van der Waals surface area contributed by atoms with Crippen molar-refractivity contribution in [1.82, 2.24) is 20.3 Å². The first-order chi connectivity index (χ1) is 12.2. The topological polar surface area (TPSA) is 61.6 Å². The summed E-state index contributed by atoms with van der Waals surface area (Å²) in [5, 5.41) is 6.97. The summed E-state index contributed by atoms with van der Waals surface area (Å²) in [6.45, 7) is 6.32. The molecule has 4 bridgehead atoms. The Bertz CT molecular complexity index is 745. The van der Waals surface area contributed by atoms with Gasteiger partial charge in [0, 0.05) is 62.7 Å². The van der Waals surface area contributed by atoms with Gasteiger partial charge in [0.15, 0.2) is 0 Å². The van der Waals surface area contributed by atoms with E-state index in [2.05, 4.69) is 50.6 Å². The van der Waals surface area contributed by atoms with Crippen molar-refractivity contribution < 1.29 is 9.32 Å². The SMILES string of the molecule is O=C(NC1C2CN3CCN(C2)CC1(c1ccccc1)C3)c1ccno1. The fraction of sp³-hybridized carbons (Fsp3) is 0.474. The van der Waals surface area contributed by atoms with Crippen LogP contribution >= 0.6 is 0 Å². The largest absolute Gasteiger partial charge is 0.351 e. The molecular formula is C19H22N4O2. The maximum Gasteiger partial charge on any atom is 0.290 e. The van der Waals surface area contributed by atoms with Gasteiger partial charge in [0.05, 0.1) is 6.20 Å². The normalized spacial score (nSPS) is 36.2. The highest BCUT2D eigenvalue weighted by atomic mass is 16.5. The van der Waals surface area contributed by atoms with Gasteiger partial charge in [0.1, 0.15) is 0 Å². The van der Waals surface area contributed by atoms with Crippen molar-refractivity contribution in [2.24, 2.45) is 5.92 Å². The molecule has 25 heavy (non-hydrogen) atoms. The molecule has 1 aromatic carbocycles. The summed E-state index contributed by atoms with van der Waals surface area (Å²) in [5.74, 6) is 0.557. The molecule has 4 aliphatic rings. The Labute approximate surface area is 146 Å². The monoisotopic (exact) mass is 338 g/mol. The molecule has 4 saturated heterocycles. The third-order valence-electron chi connectivity index (χ3n) is 6.09. The number of hydrogen-bond donors (Lipinski definition) is 1. The molecule has 4 aliphatic heterocycles. The molecule has 6 heteroatoms. The van der Waals surface area contributed by atoms with Crippen LogP contribution in [0.1, 0.15) is 16.1 Å². The van der Waals surface area contributed by atoms with E-state index in [4.69, 9.17) is 4.52 Å². The summed E-state index contributed by atoms with van der Waals surface area (Å²) in [6.07, 6.45) is 1.52. The van der Waals surface area contributed by atoms with Crippen LogP contribution in [0.25, 0.3) is 0 Å². The van der Waals surface area contributed by atoms with Crippen LogP contribution in [0.4, 0.5) is 0 Å². The van der Waals surface area contributed by atoms with E-state index in [0.717, 1.165) is 39.3 Å². The summed E-state index contributed by atoms with van der Waals surface area (Å²) in [6, 6.07) is 12.4. The van der Waals surface area contributed by atoms with Gasteiger partial charge in [-0.05, 0) is 5.56 Å². The maximum absolute atomic E-state index is 12.7. The first kappa shape index (κ1) is 15.1. The average Bonchev–Trinajstić information content (AvgIpc) is 3.05. The maximum atomic E-state index is 12.7. The van der Waals surface area contributed by atoms with Crippen LogP contribution in [0.3, 0.4) is 0 Å². The zero-order valence-corrected chi connectivity index (χ0v) is 14.1. The van der Waals surface area contributed by atoms with Crippen LogP contribution in [-0.2, 0) is 5.41 Å². The molecule has 1 aromatic heterocycles. The highest BCUT2D eigenvalue weighted by Gasteiger charge is 2.55. The molecule has 0 spiro atoms. The smallest absolute Gasteiger partial charge is 0.290 e. The average molecular weight is 338 g/mol. The molecule has 0 radical (unpaired) electrons. The van der Waals surface area contributed by atoms with Gasteiger partial charge in [-0.2, -0.15) is 0 Å². The van der Waals surface area contributed by atoms with E-state index in [1.54, 1.807) is 6.07 Å². The van der Waals surface area contributed by atoms with E-state index in [-0.39, 0.29) is 23.1 Å². The van der Waals surface area contributed by atoms with Gasteiger partial charge in [-0.1, -0.05) is 35.5 Å². The van der Waals surface area contributed by atoms with Crippen molar-refractivity contribution in [3.05, 3.63) is 53.9 Å². The van der Waals surface area contributed by atoms with Crippen LogP contribution < -0.4 is 5.32 Å². The number of carbonyl (C=O) groups excluding carboxylic acids is 1. The first-order valence-electron chi connectivity index (χ1n) is 8.96. The lowest BCUT2D eigenvalue weighted by Gasteiger charge is -2.55. The minimum absolute atomic E-state index is 0.0748. The molecule has 130 valence electrons. The number of nitrogens with zero attached hydrogens (tertiary/aromatic N) is 3. The van der Waals surface area contributed by atoms with Crippen LogP contribution in [0.2, 0.25) is 0 Å². The Kier molecular flexibility index (Phi) is 3.43. The zero-order chi connectivity index (χ0) is 16.9. The Morgan fingerprint density at radius 3 is 2.48 bits per heavy atom. The van der Waals surface area contributed by atoms with E-state index in [9.17, 15) is 4.79 Å². The summed E-state index contributed by atoms with van der Waals surface area (Å²) in [4.78, 5) is 17.8. The van der Waals surface area contributed by atoms with Gasteiger partial charge in [0.25, 0.3) is 5.91 Å². The molecule has 2 aromatic rings. The standard InChI is InChI=1S/C19H22N4O2/c24-18(16-6-7-20-25-16)21-17-14-10-22-8-9-23(11-14)13-19(17,12-22)15-4-2-1-3-5-15/h1-7,14,17H,8-13H2,(H,21,24). The van der Waals surface area contributed by atoms with E-state index < -0.39 is 0 Å². The highest BCUT2D eigenvalue weighted by Crippen LogP contribution is 2.43. The molecule has 3 atom stereocenters. The zero-order valence-electron chi connectivity index (χ0n) is 14.1. The summed E-state index contributed by atoms with van der Waals surface area (Å²) < 4.78 is 5.07.